The van der Waals surface area contributed by atoms with Gasteiger partial charge in [-0.25, -0.2) is 0 Å². The summed E-state index contributed by atoms with van der Waals surface area (Å²) in [4.78, 5) is 12.3. The number of rotatable bonds is 9. The van der Waals surface area contributed by atoms with Gasteiger partial charge in [-0.1, -0.05) is 63.9 Å². The second kappa shape index (κ2) is 9.56. The van der Waals surface area contributed by atoms with Crippen molar-refractivity contribution in [2.75, 3.05) is 6.54 Å². The fourth-order valence-electron chi connectivity index (χ4n) is 2.82. The smallest absolute Gasteiger partial charge is 0.222 e. The third-order valence-electron chi connectivity index (χ3n) is 4.04. The minimum Gasteiger partial charge on any atom is -0.349 e. The van der Waals surface area contributed by atoms with Crippen molar-refractivity contribution in [2.24, 2.45) is 5.92 Å². The van der Waals surface area contributed by atoms with Gasteiger partial charge < -0.3 is 10.6 Å². The summed E-state index contributed by atoms with van der Waals surface area (Å²) in [6, 6.07) is 10.6. The van der Waals surface area contributed by atoms with Crippen LogP contribution in [0, 0.1) is 5.92 Å². The van der Waals surface area contributed by atoms with E-state index >= 15 is 0 Å². The molecule has 0 aliphatic rings. The Bertz CT molecular complexity index is 401. The number of benzene rings is 1. The molecule has 118 valence electrons. The summed E-state index contributed by atoms with van der Waals surface area (Å²) in [7, 11) is 0. The number of carbonyl (C=O) groups is 1. The largest absolute Gasteiger partial charge is 0.349 e. The Morgan fingerprint density at radius 3 is 2.24 bits per heavy atom. The summed E-state index contributed by atoms with van der Waals surface area (Å²) in [6.45, 7) is 9.39. The Kier molecular flexibility index (Phi) is 8.06. The maximum absolute atomic E-state index is 12.3. The predicted molar refractivity (Wildman–Crippen MR) is 89.2 cm³/mol. The van der Waals surface area contributed by atoms with Gasteiger partial charge in [0.25, 0.3) is 0 Å². The highest BCUT2D eigenvalue weighted by atomic mass is 16.1. The number of hydrogen-bond donors (Lipinski definition) is 2. The molecular weight excluding hydrogens is 260 g/mol. The molecule has 0 radical (unpaired) electrons. The topological polar surface area (TPSA) is 41.1 Å². The molecule has 0 aromatic heterocycles. The molecule has 2 N–H and O–H groups in total. The molecule has 0 aliphatic heterocycles. The summed E-state index contributed by atoms with van der Waals surface area (Å²) in [5, 5.41) is 6.53. The van der Waals surface area contributed by atoms with E-state index < -0.39 is 0 Å². The Morgan fingerprint density at radius 1 is 1.10 bits per heavy atom. The van der Waals surface area contributed by atoms with Crippen LogP contribution in [0.2, 0.25) is 0 Å². The summed E-state index contributed by atoms with van der Waals surface area (Å²) < 4.78 is 0. The van der Waals surface area contributed by atoms with Crippen LogP contribution in [-0.4, -0.2) is 18.5 Å². The summed E-state index contributed by atoms with van der Waals surface area (Å²) >= 11 is 0. The molecular formula is C18H30N2O. The molecule has 0 saturated heterocycles. The first-order valence-corrected chi connectivity index (χ1v) is 8.19. The van der Waals surface area contributed by atoms with Crippen molar-refractivity contribution in [3.8, 4) is 0 Å². The van der Waals surface area contributed by atoms with Crippen molar-refractivity contribution in [1.82, 2.24) is 10.6 Å². The van der Waals surface area contributed by atoms with Gasteiger partial charge in [-0.05, 0) is 24.9 Å². The standard InChI is InChI=1S/C18H30N2O/c1-5-15(6-2)18(16-11-9-8-10-12-16)20-17(21)13-14(4)19-7-3/h8-12,14-15,18-19H,5-7,13H2,1-4H3,(H,20,21). The van der Waals surface area contributed by atoms with Gasteiger partial charge in [0.1, 0.15) is 0 Å². The van der Waals surface area contributed by atoms with Gasteiger partial charge in [0.2, 0.25) is 5.91 Å². The second-order valence-corrected chi connectivity index (χ2v) is 5.70. The molecule has 2 unspecified atom stereocenters. The zero-order chi connectivity index (χ0) is 15.7. The number of amides is 1. The van der Waals surface area contributed by atoms with Crippen molar-refractivity contribution >= 4 is 5.91 Å². The van der Waals surface area contributed by atoms with E-state index in [1.54, 1.807) is 0 Å². The van der Waals surface area contributed by atoms with Crippen LogP contribution in [0.5, 0.6) is 0 Å². The molecule has 1 rings (SSSR count). The average molecular weight is 290 g/mol. The summed E-state index contributed by atoms with van der Waals surface area (Å²) in [6.07, 6.45) is 2.66. The zero-order valence-electron chi connectivity index (χ0n) is 13.9. The van der Waals surface area contributed by atoms with Crippen molar-refractivity contribution in [3.63, 3.8) is 0 Å². The lowest BCUT2D eigenvalue weighted by Gasteiger charge is -2.27. The quantitative estimate of drug-likeness (QED) is 0.728. The Labute approximate surface area is 129 Å². The van der Waals surface area contributed by atoms with Gasteiger partial charge in [0, 0.05) is 12.5 Å². The molecule has 0 saturated carbocycles. The number of nitrogens with one attached hydrogen (secondary N) is 2. The van der Waals surface area contributed by atoms with Crippen LogP contribution in [0.15, 0.2) is 30.3 Å². The Balaban J connectivity index is 2.76. The average Bonchev–Trinajstić information content (AvgIpc) is 2.48. The Morgan fingerprint density at radius 2 is 1.71 bits per heavy atom. The van der Waals surface area contributed by atoms with Gasteiger partial charge in [0.15, 0.2) is 0 Å². The third kappa shape index (κ3) is 5.88. The molecule has 3 nitrogen and oxygen atoms in total. The molecule has 21 heavy (non-hydrogen) atoms. The van der Waals surface area contributed by atoms with E-state index in [4.69, 9.17) is 0 Å². The van der Waals surface area contributed by atoms with E-state index in [2.05, 4.69) is 50.5 Å². The molecule has 1 amide bonds. The molecule has 2 atom stereocenters. The zero-order valence-corrected chi connectivity index (χ0v) is 13.9. The van der Waals surface area contributed by atoms with Gasteiger partial charge in [-0.15, -0.1) is 0 Å². The minimum absolute atomic E-state index is 0.113. The predicted octanol–water partition coefficient (Wildman–Crippen LogP) is 3.67. The molecule has 0 fully saturated rings. The van der Waals surface area contributed by atoms with Gasteiger partial charge in [-0.2, -0.15) is 0 Å². The first kappa shape index (κ1) is 17.7. The van der Waals surface area contributed by atoms with Crippen LogP contribution < -0.4 is 10.6 Å². The van der Waals surface area contributed by atoms with Gasteiger partial charge >= 0.3 is 0 Å². The molecule has 0 spiro atoms. The van der Waals surface area contributed by atoms with E-state index in [-0.39, 0.29) is 18.0 Å². The maximum atomic E-state index is 12.3. The summed E-state index contributed by atoms with van der Waals surface area (Å²) in [5.41, 5.74) is 1.20. The first-order chi connectivity index (χ1) is 10.1. The van der Waals surface area contributed by atoms with E-state index in [9.17, 15) is 4.79 Å². The van der Waals surface area contributed by atoms with E-state index in [0.29, 0.717) is 12.3 Å². The second-order valence-electron chi connectivity index (χ2n) is 5.70. The van der Waals surface area contributed by atoms with Crippen molar-refractivity contribution in [2.45, 2.75) is 59.0 Å². The molecule has 0 bridgehead atoms. The highest BCUT2D eigenvalue weighted by Gasteiger charge is 2.22. The van der Waals surface area contributed by atoms with Crippen LogP contribution in [0.3, 0.4) is 0 Å². The lowest BCUT2D eigenvalue weighted by Crippen LogP contribution is -2.37. The van der Waals surface area contributed by atoms with Gasteiger partial charge in [-0.3, -0.25) is 4.79 Å². The van der Waals surface area contributed by atoms with Crippen molar-refractivity contribution < 1.29 is 4.79 Å². The van der Waals surface area contributed by atoms with E-state index in [0.717, 1.165) is 19.4 Å². The lowest BCUT2D eigenvalue weighted by atomic mass is 9.88. The first-order valence-electron chi connectivity index (χ1n) is 8.19. The van der Waals surface area contributed by atoms with Crippen molar-refractivity contribution in [3.05, 3.63) is 35.9 Å². The maximum Gasteiger partial charge on any atom is 0.222 e. The monoisotopic (exact) mass is 290 g/mol. The fourth-order valence-corrected chi connectivity index (χ4v) is 2.82. The number of hydrogen-bond acceptors (Lipinski definition) is 2. The van der Waals surface area contributed by atoms with Crippen LogP contribution in [0.1, 0.15) is 58.6 Å². The SMILES string of the molecule is CCNC(C)CC(=O)NC(c1ccccc1)C(CC)CC. The summed E-state index contributed by atoms with van der Waals surface area (Å²) in [5.74, 6) is 0.606. The van der Waals surface area contributed by atoms with Crippen LogP contribution in [-0.2, 0) is 4.79 Å². The van der Waals surface area contributed by atoms with Crippen LogP contribution >= 0.6 is 0 Å². The fraction of sp³-hybridized carbons (Fsp3) is 0.611. The normalized spacial score (nSPS) is 14.0. The van der Waals surface area contributed by atoms with E-state index in [1.165, 1.54) is 5.56 Å². The lowest BCUT2D eigenvalue weighted by molar-refractivity contribution is -0.122. The van der Waals surface area contributed by atoms with Crippen LogP contribution in [0.4, 0.5) is 0 Å². The van der Waals surface area contributed by atoms with Crippen molar-refractivity contribution in [1.29, 1.82) is 0 Å². The highest BCUT2D eigenvalue weighted by molar-refractivity contribution is 5.77. The minimum atomic E-state index is 0.113. The number of carbonyl (C=O) groups excluding carboxylic acids is 1. The molecule has 1 aromatic carbocycles. The molecule has 0 aliphatic carbocycles. The van der Waals surface area contributed by atoms with Gasteiger partial charge in [0.05, 0.1) is 6.04 Å². The molecule has 3 heteroatoms. The van der Waals surface area contributed by atoms with E-state index in [1.807, 2.05) is 18.2 Å². The molecule has 0 heterocycles. The van der Waals surface area contributed by atoms with Crippen LogP contribution in [0.25, 0.3) is 0 Å². The molecule has 1 aromatic rings. The third-order valence-corrected chi connectivity index (χ3v) is 4.04. The highest BCUT2D eigenvalue weighted by Crippen LogP contribution is 2.27. The Hall–Kier alpha value is -1.35.